The lowest BCUT2D eigenvalue weighted by Gasteiger charge is -2.15. The third-order valence-electron chi connectivity index (χ3n) is 4.08. The Morgan fingerprint density at radius 3 is 2.79 bits per heavy atom. The van der Waals surface area contributed by atoms with Crippen LogP contribution in [0.4, 0.5) is 5.95 Å². The van der Waals surface area contributed by atoms with Gasteiger partial charge in [0, 0.05) is 31.4 Å². The molecule has 3 heterocycles. The van der Waals surface area contributed by atoms with Crippen molar-refractivity contribution in [3.8, 4) is 5.75 Å². The lowest BCUT2D eigenvalue weighted by molar-refractivity contribution is 0.0786. The van der Waals surface area contributed by atoms with Gasteiger partial charge in [0.2, 0.25) is 5.95 Å². The Balaban J connectivity index is 1.64. The van der Waals surface area contributed by atoms with Gasteiger partial charge in [-0.25, -0.2) is 4.98 Å². The number of para-hydroxylation sites is 2. The molecule has 1 aromatic carbocycles. The van der Waals surface area contributed by atoms with Crippen molar-refractivity contribution in [3.05, 3.63) is 48.3 Å². The Kier molecular flexibility index (Phi) is 3.53. The Morgan fingerprint density at radius 1 is 1.17 bits per heavy atom. The quantitative estimate of drug-likeness (QED) is 0.797. The zero-order chi connectivity index (χ0) is 16.5. The van der Waals surface area contributed by atoms with Gasteiger partial charge in [-0.15, -0.1) is 4.73 Å². The first kappa shape index (κ1) is 14.5. The summed E-state index contributed by atoms with van der Waals surface area (Å²) in [6.45, 7) is 1.56. The second-order valence-corrected chi connectivity index (χ2v) is 5.72. The number of amides is 1. The molecule has 1 aliphatic heterocycles. The van der Waals surface area contributed by atoms with E-state index in [4.69, 9.17) is 10.6 Å². The van der Waals surface area contributed by atoms with E-state index in [-0.39, 0.29) is 11.9 Å². The van der Waals surface area contributed by atoms with Crippen molar-refractivity contribution in [1.29, 1.82) is 0 Å². The standard InChI is InChI=1S/C17H17N5O2/c18-17-20-13-5-1-2-6-15(13)22(17)24-12-7-8-19-14(11-12)16(23)21-9-3-4-10-21/h1-2,5-8,11H,3-4,9-10H2,(H2,18,20). The minimum absolute atomic E-state index is 0.0681. The number of likely N-dealkylation sites (tertiary alicyclic amines) is 1. The first-order valence-electron chi connectivity index (χ1n) is 7.89. The molecular weight excluding hydrogens is 306 g/mol. The maximum absolute atomic E-state index is 12.4. The summed E-state index contributed by atoms with van der Waals surface area (Å²) in [7, 11) is 0. The number of benzene rings is 1. The number of hydrogen-bond donors (Lipinski definition) is 1. The summed E-state index contributed by atoms with van der Waals surface area (Å²) in [5, 5.41) is 0. The first-order valence-corrected chi connectivity index (χ1v) is 7.89. The van der Waals surface area contributed by atoms with E-state index in [9.17, 15) is 4.79 Å². The van der Waals surface area contributed by atoms with Crippen LogP contribution < -0.4 is 10.6 Å². The molecule has 122 valence electrons. The average Bonchev–Trinajstić information content (AvgIpc) is 3.24. The number of nitrogen functional groups attached to an aromatic ring is 1. The number of nitrogens with two attached hydrogens (primary N) is 1. The maximum atomic E-state index is 12.4. The molecule has 0 spiro atoms. The van der Waals surface area contributed by atoms with Gasteiger partial charge in [0.05, 0.1) is 5.52 Å². The number of pyridine rings is 1. The molecule has 24 heavy (non-hydrogen) atoms. The third-order valence-corrected chi connectivity index (χ3v) is 4.08. The molecule has 4 rings (SSSR count). The number of nitrogens with zero attached hydrogens (tertiary/aromatic N) is 4. The molecule has 0 atom stereocenters. The highest BCUT2D eigenvalue weighted by Gasteiger charge is 2.21. The van der Waals surface area contributed by atoms with Crippen molar-refractivity contribution in [2.24, 2.45) is 0 Å². The van der Waals surface area contributed by atoms with Crippen LogP contribution in [0.25, 0.3) is 11.0 Å². The maximum Gasteiger partial charge on any atom is 0.272 e. The number of aromatic nitrogens is 3. The number of hydrogen-bond acceptors (Lipinski definition) is 5. The van der Waals surface area contributed by atoms with Crippen LogP contribution in [0, 0.1) is 0 Å². The van der Waals surface area contributed by atoms with Gasteiger partial charge in [0.25, 0.3) is 5.91 Å². The number of carbonyl (C=O) groups excluding carboxylic acids is 1. The fourth-order valence-electron chi connectivity index (χ4n) is 2.89. The van der Waals surface area contributed by atoms with Crippen molar-refractivity contribution < 1.29 is 9.63 Å². The molecule has 0 aliphatic carbocycles. The van der Waals surface area contributed by atoms with Gasteiger partial charge in [-0.2, -0.15) is 0 Å². The van der Waals surface area contributed by atoms with Gasteiger partial charge in [0.1, 0.15) is 11.2 Å². The lowest BCUT2D eigenvalue weighted by Crippen LogP contribution is -2.28. The van der Waals surface area contributed by atoms with Crippen molar-refractivity contribution in [2.75, 3.05) is 18.8 Å². The summed E-state index contributed by atoms with van der Waals surface area (Å²) < 4.78 is 1.45. The summed E-state index contributed by atoms with van der Waals surface area (Å²) in [5.74, 6) is 0.671. The third kappa shape index (κ3) is 2.54. The van der Waals surface area contributed by atoms with Gasteiger partial charge in [-0.3, -0.25) is 9.78 Å². The summed E-state index contributed by atoms with van der Waals surface area (Å²) in [5.41, 5.74) is 7.82. The molecular formula is C17H17N5O2. The van der Waals surface area contributed by atoms with Gasteiger partial charge in [0.15, 0.2) is 5.75 Å². The fraction of sp³-hybridized carbons (Fsp3) is 0.235. The minimum atomic E-state index is -0.0681. The Morgan fingerprint density at radius 2 is 1.96 bits per heavy atom. The zero-order valence-corrected chi connectivity index (χ0v) is 13.1. The molecule has 0 unspecified atom stereocenters. The van der Waals surface area contributed by atoms with E-state index in [1.54, 1.807) is 18.3 Å². The van der Waals surface area contributed by atoms with Crippen LogP contribution in [0.15, 0.2) is 42.6 Å². The molecule has 1 fully saturated rings. The van der Waals surface area contributed by atoms with Crippen molar-refractivity contribution in [3.63, 3.8) is 0 Å². The Bertz CT molecular complexity index is 899. The molecule has 2 aromatic heterocycles. The zero-order valence-electron chi connectivity index (χ0n) is 13.1. The van der Waals surface area contributed by atoms with Crippen LogP contribution in [0.5, 0.6) is 5.75 Å². The SMILES string of the molecule is Nc1nc2ccccc2n1Oc1ccnc(C(=O)N2CCCC2)c1. The topological polar surface area (TPSA) is 86.3 Å². The smallest absolute Gasteiger partial charge is 0.272 e. The van der Waals surface area contributed by atoms with E-state index in [2.05, 4.69) is 9.97 Å². The van der Waals surface area contributed by atoms with E-state index < -0.39 is 0 Å². The number of rotatable bonds is 3. The molecule has 1 saturated heterocycles. The van der Waals surface area contributed by atoms with E-state index in [1.807, 2.05) is 29.2 Å². The molecule has 0 saturated carbocycles. The second-order valence-electron chi connectivity index (χ2n) is 5.72. The Labute approximate surface area is 138 Å². The van der Waals surface area contributed by atoms with Crippen molar-refractivity contribution >= 4 is 22.9 Å². The predicted octanol–water partition coefficient (Wildman–Crippen LogP) is 2.09. The van der Waals surface area contributed by atoms with Crippen LogP contribution >= 0.6 is 0 Å². The Hall–Kier alpha value is -3.09. The number of anilines is 1. The highest BCUT2D eigenvalue weighted by molar-refractivity contribution is 5.92. The minimum Gasteiger partial charge on any atom is -0.372 e. The monoisotopic (exact) mass is 323 g/mol. The largest absolute Gasteiger partial charge is 0.372 e. The van der Waals surface area contributed by atoms with Gasteiger partial charge in [-0.05, 0) is 25.0 Å². The van der Waals surface area contributed by atoms with Gasteiger partial charge >= 0.3 is 0 Å². The molecule has 1 amide bonds. The molecule has 0 bridgehead atoms. The highest BCUT2D eigenvalue weighted by atomic mass is 16.7. The highest BCUT2D eigenvalue weighted by Crippen LogP contribution is 2.21. The normalized spacial score (nSPS) is 14.2. The molecule has 1 aliphatic rings. The van der Waals surface area contributed by atoms with Gasteiger partial charge < -0.3 is 15.5 Å². The van der Waals surface area contributed by atoms with Crippen LogP contribution in [-0.2, 0) is 0 Å². The lowest BCUT2D eigenvalue weighted by atomic mass is 10.3. The van der Waals surface area contributed by atoms with E-state index in [0.29, 0.717) is 11.4 Å². The van der Waals surface area contributed by atoms with Crippen LogP contribution in [0.2, 0.25) is 0 Å². The van der Waals surface area contributed by atoms with E-state index in [1.165, 1.54) is 4.73 Å². The fourth-order valence-corrected chi connectivity index (χ4v) is 2.89. The van der Waals surface area contributed by atoms with Crippen LogP contribution in [0.1, 0.15) is 23.3 Å². The van der Waals surface area contributed by atoms with Crippen LogP contribution in [0.3, 0.4) is 0 Å². The van der Waals surface area contributed by atoms with E-state index in [0.717, 1.165) is 37.0 Å². The number of imidazole rings is 1. The van der Waals surface area contributed by atoms with Gasteiger partial charge in [-0.1, -0.05) is 12.1 Å². The molecule has 0 radical (unpaired) electrons. The summed E-state index contributed by atoms with van der Waals surface area (Å²) in [4.78, 5) is 28.5. The average molecular weight is 323 g/mol. The summed E-state index contributed by atoms with van der Waals surface area (Å²) in [6.07, 6.45) is 3.65. The summed E-state index contributed by atoms with van der Waals surface area (Å²) >= 11 is 0. The first-order chi connectivity index (χ1) is 11.7. The molecule has 7 heteroatoms. The van der Waals surface area contributed by atoms with Crippen LogP contribution in [-0.4, -0.2) is 38.6 Å². The van der Waals surface area contributed by atoms with Crippen molar-refractivity contribution in [1.82, 2.24) is 19.6 Å². The van der Waals surface area contributed by atoms with E-state index >= 15 is 0 Å². The molecule has 7 nitrogen and oxygen atoms in total. The summed E-state index contributed by atoms with van der Waals surface area (Å²) in [6, 6.07) is 10.8. The molecule has 3 aromatic rings. The number of fused-ring (bicyclic) bond motifs is 1. The van der Waals surface area contributed by atoms with Crippen molar-refractivity contribution in [2.45, 2.75) is 12.8 Å². The number of carbonyl (C=O) groups is 1. The molecule has 2 N–H and O–H groups in total. The predicted molar refractivity (Wildman–Crippen MR) is 89.5 cm³/mol. The second kappa shape index (κ2) is 5.84.